The number of nitrogens with two attached hydrogens (primary N) is 1. The number of carbonyl (C=O) groups is 2. The maximum Gasteiger partial charge on any atom is 0.242 e. The molecule has 4 nitrogen and oxygen atoms in total. The van der Waals surface area contributed by atoms with Gasteiger partial charge in [-0.1, -0.05) is 18.2 Å². The number of amides is 2. The van der Waals surface area contributed by atoms with Gasteiger partial charge in [0.15, 0.2) is 0 Å². The molecule has 17 heavy (non-hydrogen) atoms. The Bertz CT molecular complexity index is 444. The summed E-state index contributed by atoms with van der Waals surface area (Å²) in [6.45, 7) is 2.99. The second-order valence-corrected chi connectivity index (χ2v) is 4.31. The van der Waals surface area contributed by atoms with Gasteiger partial charge in [-0.25, -0.2) is 4.39 Å². The minimum absolute atomic E-state index is 0.122. The SMILES string of the molecule is CC(C)(NC(=O)Cc1ccccc1F)C(N)=O. The fourth-order valence-corrected chi connectivity index (χ4v) is 1.27. The van der Waals surface area contributed by atoms with Gasteiger partial charge in [0.05, 0.1) is 6.42 Å². The van der Waals surface area contributed by atoms with E-state index in [1.54, 1.807) is 12.1 Å². The molecule has 1 aromatic carbocycles. The molecule has 5 heteroatoms. The monoisotopic (exact) mass is 238 g/mol. The summed E-state index contributed by atoms with van der Waals surface area (Å²) in [4.78, 5) is 22.6. The molecule has 0 aliphatic heterocycles. The summed E-state index contributed by atoms with van der Waals surface area (Å²) in [5, 5.41) is 2.45. The third-order valence-electron chi connectivity index (χ3n) is 2.38. The van der Waals surface area contributed by atoms with Gasteiger partial charge in [0.25, 0.3) is 0 Å². The van der Waals surface area contributed by atoms with E-state index in [0.717, 1.165) is 0 Å². The van der Waals surface area contributed by atoms with Gasteiger partial charge >= 0.3 is 0 Å². The highest BCUT2D eigenvalue weighted by Gasteiger charge is 2.26. The average Bonchev–Trinajstić information content (AvgIpc) is 2.20. The highest BCUT2D eigenvalue weighted by molar-refractivity contribution is 5.90. The number of hydrogen-bond donors (Lipinski definition) is 2. The van der Waals surface area contributed by atoms with E-state index in [1.165, 1.54) is 26.0 Å². The van der Waals surface area contributed by atoms with E-state index in [4.69, 9.17) is 5.73 Å². The average molecular weight is 238 g/mol. The van der Waals surface area contributed by atoms with Crippen molar-refractivity contribution in [3.63, 3.8) is 0 Å². The van der Waals surface area contributed by atoms with E-state index in [0.29, 0.717) is 0 Å². The standard InChI is InChI=1S/C12H15FN2O2/c1-12(2,11(14)17)15-10(16)7-8-5-3-4-6-9(8)13/h3-6H,7H2,1-2H3,(H2,14,17)(H,15,16). The molecule has 0 spiro atoms. The number of benzene rings is 1. The molecule has 0 heterocycles. The van der Waals surface area contributed by atoms with E-state index >= 15 is 0 Å². The van der Waals surface area contributed by atoms with Crippen molar-refractivity contribution in [2.24, 2.45) is 5.73 Å². The van der Waals surface area contributed by atoms with Crippen LogP contribution in [0.15, 0.2) is 24.3 Å². The van der Waals surface area contributed by atoms with Crippen LogP contribution < -0.4 is 11.1 Å². The zero-order chi connectivity index (χ0) is 13.1. The third kappa shape index (κ3) is 3.55. The summed E-state index contributed by atoms with van der Waals surface area (Å²) < 4.78 is 13.3. The normalized spacial score (nSPS) is 11.0. The molecule has 0 fully saturated rings. The van der Waals surface area contributed by atoms with Crippen LogP contribution in [0.25, 0.3) is 0 Å². The van der Waals surface area contributed by atoms with Crippen molar-refractivity contribution < 1.29 is 14.0 Å². The van der Waals surface area contributed by atoms with Crippen LogP contribution in [0, 0.1) is 5.82 Å². The molecule has 0 atom stereocenters. The summed E-state index contributed by atoms with van der Waals surface area (Å²) in [7, 11) is 0. The Morgan fingerprint density at radius 1 is 1.35 bits per heavy atom. The summed E-state index contributed by atoms with van der Waals surface area (Å²) in [5.41, 5.74) is 4.26. The van der Waals surface area contributed by atoms with Gasteiger partial charge < -0.3 is 11.1 Å². The minimum Gasteiger partial charge on any atom is -0.368 e. The smallest absolute Gasteiger partial charge is 0.242 e. The van der Waals surface area contributed by atoms with Crippen LogP contribution in [-0.4, -0.2) is 17.4 Å². The maximum atomic E-state index is 13.3. The third-order valence-corrected chi connectivity index (χ3v) is 2.38. The van der Waals surface area contributed by atoms with Crippen LogP contribution in [0.1, 0.15) is 19.4 Å². The van der Waals surface area contributed by atoms with Crippen LogP contribution in [0.5, 0.6) is 0 Å². The van der Waals surface area contributed by atoms with E-state index in [-0.39, 0.29) is 12.0 Å². The molecule has 0 bridgehead atoms. The van der Waals surface area contributed by atoms with Gasteiger partial charge in [-0.15, -0.1) is 0 Å². The molecule has 0 aliphatic carbocycles. The fraction of sp³-hybridized carbons (Fsp3) is 0.333. The molecule has 1 rings (SSSR count). The van der Waals surface area contributed by atoms with Crippen molar-refractivity contribution in [3.05, 3.63) is 35.6 Å². The maximum absolute atomic E-state index is 13.3. The largest absolute Gasteiger partial charge is 0.368 e. The van der Waals surface area contributed by atoms with Gasteiger partial charge in [0, 0.05) is 0 Å². The lowest BCUT2D eigenvalue weighted by Crippen LogP contribution is -2.53. The van der Waals surface area contributed by atoms with Crippen LogP contribution in [0.4, 0.5) is 4.39 Å². The second kappa shape index (κ2) is 4.95. The zero-order valence-electron chi connectivity index (χ0n) is 9.79. The molecule has 0 saturated carbocycles. The Balaban J connectivity index is 2.69. The molecule has 3 N–H and O–H groups in total. The van der Waals surface area contributed by atoms with Crippen LogP contribution >= 0.6 is 0 Å². The molecule has 92 valence electrons. The number of primary amides is 1. The molecule has 0 radical (unpaired) electrons. The predicted octanol–water partition coefficient (Wildman–Crippen LogP) is 0.748. The first-order valence-electron chi connectivity index (χ1n) is 5.17. The van der Waals surface area contributed by atoms with Crippen molar-refractivity contribution in [3.8, 4) is 0 Å². The molecular weight excluding hydrogens is 223 g/mol. The van der Waals surface area contributed by atoms with Gasteiger partial charge in [0.1, 0.15) is 11.4 Å². The highest BCUT2D eigenvalue weighted by atomic mass is 19.1. The van der Waals surface area contributed by atoms with E-state index in [2.05, 4.69) is 5.32 Å². The number of hydrogen-bond acceptors (Lipinski definition) is 2. The summed E-state index contributed by atoms with van der Waals surface area (Å²) in [6.07, 6.45) is -0.122. The molecule has 0 aliphatic rings. The minimum atomic E-state index is -1.14. The first-order chi connectivity index (χ1) is 7.83. The van der Waals surface area contributed by atoms with E-state index in [9.17, 15) is 14.0 Å². The number of nitrogens with one attached hydrogen (secondary N) is 1. The van der Waals surface area contributed by atoms with Crippen molar-refractivity contribution >= 4 is 11.8 Å². The predicted molar refractivity (Wildman–Crippen MR) is 61.5 cm³/mol. The van der Waals surface area contributed by atoms with Gasteiger partial charge in [-0.3, -0.25) is 9.59 Å². The summed E-state index contributed by atoms with van der Waals surface area (Å²) >= 11 is 0. The van der Waals surface area contributed by atoms with E-state index < -0.39 is 23.2 Å². The van der Waals surface area contributed by atoms with Crippen molar-refractivity contribution in [2.75, 3.05) is 0 Å². The first kappa shape index (κ1) is 13.2. The number of halogens is 1. The van der Waals surface area contributed by atoms with Gasteiger partial charge in [-0.05, 0) is 25.5 Å². The van der Waals surface area contributed by atoms with Crippen molar-refractivity contribution in [1.82, 2.24) is 5.32 Å². The Morgan fingerprint density at radius 3 is 2.47 bits per heavy atom. The Morgan fingerprint density at radius 2 is 1.94 bits per heavy atom. The number of rotatable bonds is 4. The molecule has 0 aromatic heterocycles. The summed E-state index contributed by atoms with van der Waals surface area (Å²) in [5.74, 6) is -1.53. The topological polar surface area (TPSA) is 72.2 Å². The fourth-order valence-electron chi connectivity index (χ4n) is 1.27. The Hall–Kier alpha value is -1.91. The second-order valence-electron chi connectivity index (χ2n) is 4.31. The molecule has 2 amide bonds. The first-order valence-corrected chi connectivity index (χ1v) is 5.17. The van der Waals surface area contributed by atoms with Crippen LogP contribution in [-0.2, 0) is 16.0 Å². The van der Waals surface area contributed by atoms with Crippen LogP contribution in [0.3, 0.4) is 0 Å². The Labute approximate surface area is 99.0 Å². The molecule has 1 aromatic rings. The lowest BCUT2D eigenvalue weighted by atomic mass is 10.0. The van der Waals surface area contributed by atoms with Crippen molar-refractivity contribution in [2.45, 2.75) is 25.8 Å². The van der Waals surface area contributed by atoms with Crippen LogP contribution in [0.2, 0.25) is 0 Å². The van der Waals surface area contributed by atoms with Crippen molar-refractivity contribution in [1.29, 1.82) is 0 Å². The highest BCUT2D eigenvalue weighted by Crippen LogP contribution is 2.08. The van der Waals surface area contributed by atoms with Gasteiger partial charge in [0.2, 0.25) is 11.8 Å². The number of carbonyl (C=O) groups excluding carboxylic acids is 2. The quantitative estimate of drug-likeness (QED) is 0.812. The summed E-state index contributed by atoms with van der Waals surface area (Å²) in [6, 6.07) is 5.99. The molecule has 0 unspecified atom stereocenters. The molecule has 0 saturated heterocycles. The molecular formula is C12H15FN2O2. The lowest BCUT2D eigenvalue weighted by Gasteiger charge is -2.22. The lowest BCUT2D eigenvalue weighted by molar-refractivity contribution is -0.130. The van der Waals surface area contributed by atoms with E-state index in [1.807, 2.05) is 0 Å². The zero-order valence-corrected chi connectivity index (χ0v) is 9.79. The Kier molecular flexibility index (Phi) is 3.83. The van der Waals surface area contributed by atoms with Gasteiger partial charge in [-0.2, -0.15) is 0 Å².